The van der Waals surface area contributed by atoms with Crippen LogP contribution in [0.15, 0.2) is 30.3 Å². The maximum absolute atomic E-state index is 12.8. The van der Waals surface area contributed by atoms with Gasteiger partial charge in [0.25, 0.3) is 0 Å². The van der Waals surface area contributed by atoms with Crippen LogP contribution in [-0.2, 0) is 9.53 Å². The van der Waals surface area contributed by atoms with Crippen LogP contribution in [0.25, 0.3) is 0 Å². The van der Waals surface area contributed by atoms with Crippen molar-refractivity contribution in [3.8, 4) is 0 Å². The molecule has 1 aliphatic rings. The molecular formula is C21H34N2O2. The number of piperidine rings is 1. The van der Waals surface area contributed by atoms with Crippen molar-refractivity contribution in [2.24, 2.45) is 0 Å². The van der Waals surface area contributed by atoms with E-state index in [1.165, 1.54) is 25.8 Å². The number of hydrogen-bond acceptors (Lipinski definition) is 3. The SMILES string of the molecule is CCCCCN1CCC(COC)(N(C(=O)CC)c2ccccc2)CC1. The molecule has 0 aliphatic carbocycles. The number of carbonyl (C=O) groups excluding carboxylic acids is 1. The lowest BCUT2D eigenvalue weighted by Crippen LogP contribution is -2.60. The van der Waals surface area contributed by atoms with Gasteiger partial charge in [-0.2, -0.15) is 0 Å². The van der Waals surface area contributed by atoms with Crippen LogP contribution in [0.2, 0.25) is 0 Å². The van der Waals surface area contributed by atoms with Gasteiger partial charge < -0.3 is 14.5 Å². The van der Waals surface area contributed by atoms with Crippen LogP contribution >= 0.6 is 0 Å². The normalized spacial score (nSPS) is 17.4. The summed E-state index contributed by atoms with van der Waals surface area (Å²) < 4.78 is 5.60. The van der Waals surface area contributed by atoms with E-state index in [2.05, 4.69) is 11.8 Å². The summed E-state index contributed by atoms with van der Waals surface area (Å²) in [6.07, 6.45) is 6.27. The summed E-state index contributed by atoms with van der Waals surface area (Å²) in [6.45, 7) is 8.02. The largest absolute Gasteiger partial charge is 0.382 e. The second-order valence-electron chi connectivity index (χ2n) is 7.12. The first-order chi connectivity index (χ1) is 12.2. The number of rotatable bonds is 9. The Bertz CT molecular complexity index is 510. The zero-order valence-electron chi connectivity index (χ0n) is 16.2. The number of likely N-dealkylation sites (tertiary alicyclic amines) is 1. The number of hydrogen-bond donors (Lipinski definition) is 0. The number of methoxy groups -OCH3 is 1. The molecule has 1 saturated heterocycles. The molecule has 0 saturated carbocycles. The van der Waals surface area contributed by atoms with E-state index in [1.54, 1.807) is 7.11 Å². The van der Waals surface area contributed by atoms with Crippen LogP contribution in [0.3, 0.4) is 0 Å². The van der Waals surface area contributed by atoms with E-state index in [0.717, 1.165) is 31.6 Å². The minimum Gasteiger partial charge on any atom is -0.382 e. The van der Waals surface area contributed by atoms with Crippen LogP contribution in [0.1, 0.15) is 52.4 Å². The topological polar surface area (TPSA) is 32.8 Å². The molecule has 1 aromatic carbocycles. The number of nitrogens with zero attached hydrogens (tertiary/aromatic N) is 2. The summed E-state index contributed by atoms with van der Waals surface area (Å²) in [4.78, 5) is 17.4. The van der Waals surface area contributed by atoms with E-state index in [4.69, 9.17) is 4.74 Å². The van der Waals surface area contributed by atoms with Gasteiger partial charge in [0.15, 0.2) is 0 Å². The fourth-order valence-corrected chi connectivity index (χ4v) is 3.90. The lowest BCUT2D eigenvalue weighted by atomic mass is 9.85. The Morgan fingerprint density at radius 1 is 1.16 bits per heavy atom. The number of carbonyl (C=O) groups is 1. The zero-order valence-corrected chi connectivity index (χ0v) is 16.2. The third-order valence-electron chi connectivity index (χ3n) is 5.32. The van der Waals surface area contributed by atoms with Crippen LogP contribution < -0.4 is 4.90 Å². The van der Waals surface area contributed by atoms with Crippen LogP contribution in [0.5, 0.6) is 0 Å². The highest BCUT2D eigenvalue weighted by atomic mass is 16.5. The van der Waals surface area contributed by atoms with Gasteiger partial charge in [-0.3, -0.25) is 4.79 Å². The summed E-state index contributed by atoms with van der Waals surface area (Å²) >= 11 is 0. The molecule has 0 unspecified atom stereocenters. The molecule has 4 nitrogen and oxygen atoms in total. The predicted molar refractivity (Wildman–Crippen MR) is 104 cm³/mol. The number of benzene rings is 1. The standard InChI is InChI=1S/C21H34N2O2/c1-4-6-10-15-22-16-13-21(14-17-22,18-25-3)23(20(24)5-2)19-11-8-7-9-12-19/h7-9,11-12H,4-6,10,13-18H2,1-3H3. The van der Waals surface area contributed by atoms with Gasteiger partial charge in [-0.05, 0) is 37.9 Å². The van der Waals surface area contributed by atoms with Crippen molar-refractivity contribution >= 4 is 11.6 Å². The Balaban J connectivity index is 2.18. The average Bonchev–Trinajstić information content (AvgIpc) is 2.65. The quantitative estimate of drug-likeness (QED) is 0.631. The molecule has 1 aromatic rings. The zero-order chi connectivity index (χ0) is 18.1. The minimum absolute atomic E-state index is 0.183. The van der Waals surface area contributed by atoms with Gasteiger partial charge in [0.2, 0.25) is 5.91 Å². The van der Waals surface area contributed by atoms with Crippen molar-refractivity contribution in [2.75, 3.05) is 38.3 Å². The van der Waals surface area contributed by atoms with E-state index in [9.17, 15) is 4.79 Å². The Morgan fingerprint density at radius 2 is 1.84 bits per heavy atom. The molecule has 2 rings (SSSR count). The molecule has 1 amide bonds. The third kappa shape index (κ3) is 5.05. The molecule has 1 fully saturated rings. The Kier molecular flexibility index (Phi) is 7.91. The van der Waals surface area contributed by atoms with Gasteiger partial charge in [-0.1, -0.05) is 44.9 Å². The summed E-state index contributed by atoms with van der Waals surface area (Å²) in [5, 5.41) is 0. The molecule has 0 radical (unpaired) electrons. The van der Waals surface area contributed by atoms with Gasteiger partial charge in [0.1, 0.15) is 0 Å². The molecule has 0 N–H and O–H groups in total. The van der Waals surface area contributed by atoms with Crippen molar-refractivity contribution in [2.45, 2.75) is 57.9 Å². The van der Waals surface area contributed by atoms with E-state index < -0.39 is 0 Å². The van der Waals surface area contributed by atoms with Gasteiger partial charge in [-0.25, -0.2) is 0 Å². The van der Waals surface area contributed by atoms with E-state index in [1.807, 2.05) is 42.2 Å². The molecule has 140 valence electrons. The van der Waals surface area contributed by atoms with Crippen molar-refractivity contribution in [1.29, 1.82) is 0 Å². The van der Waals surface area contributed by atoms with Crippen LogP contribution in [-0.4, -0.2) is 49.7 Å². The molecule has 1 heterocycles. The number of amides is 1. The number of para-hydroxylation sites is 1. The molecule has 25 heavy (non-hydrogen) atoms. The van der Waals surface area contributed by atoms with E-state index in [0.29, 0.717) is 13.0 Å². The summed E-state index contributed by atoms with van der Waals surface area (Å²) in [7, 11) is 1.75. The van der Waals surface area contributed by atoms with Crippen LogP contribution in [0.4, 0.5) is 5.69 Å². The molecule has 0 atom stereocenters. The number of ether oxygens (including phenoxy) is 1. The van der Waals surface area contributed by atoms with Crippen molar-refractivity contribution in [3.63, 3.8) is 0 Å². The molecule has 4 heteroatoms. The fourth-order valence-electron chi connectivity index (χ4n) is 3.90. The Morgan fingerprint density at radius 3 is 2.40 bits per heavy atom. The lowest BCUT2D eigenvalue weighted by Gasteiger charge is -2.48. The van der Waals surface area contributed by atoms with Crippen molar-refractivity contribution in [3.05, 3.63) is 30.3 Å². The number of unbranched alkanes of at least 4 members (excludes halogenated alkanes) is 2. The fraction of sp³-hybridized carbons (Fsp3) is 0.667. The first kappa shape index (κ1) is 19.9. The van der Waals surface area contributed by atoms with Crippen molar-refractivity contribution < 1.29 is 9.53 Å². The summed E-state index contributed by atoms with van der Waals surface area (Å²) in [5.74, 6) is 0.183. The van der Waals surface area contributed by atoms with Gasteiger partial charge >= 0.3 is 0 Å². The monoisotopic (exact) mass is 346 g/mol. The second kappa shape index (κ2) is 9.93. The van der Waals surface area contributed by atoms with Gasteiger partial charge in [0, 0.05) is 32.3 Å². The molecule has 0 bridgehead atoms. The predicted octanol–water partition coefficient (Wildman–Crippen LogP) is 4.10. The lowest BCUT2D eigenvalue weighted by molar-refractivity contribution is -0.120. The maximum atomic E-state index is 12.8. The van der Waals surface area contributed by atoms with Gasteiger partial charge in [0.05, 0.1) is 12.1 Å². The Labute approximate surface area is 153 Å². The van der Waals surface area contributed by atoms with Crippen LogP contribution in [0, 0.1) is 0 Å². The first-order valence-electron chi connectivity index (χ1n) is 9.76. The summed E-state index contributed by atoms with van der Waals surface area (Å²) in [5.41, 5.74) is 0.760. The molecular weight excluding hydrogens is 312 g/mol. The molecule has 0 aromatic heterocycles. The molecule has 0 spiro atoms. The number of anilines is 1. The summed E-state index contributed by atoms with van der Waals surface area (Å²) in [6, 6.07) is 10.1. The van der Waals surface area contributed by atoms with Crippen molar-refractivity contribution in [1.82, 2.24) is 4.90 Å². The molecule has 1 aliphatic heterocycles. The maximum Gasteiger partial charge on any atom is 0.227 e. The second-order valence-corrected chi connectivity index (χ2v) is 7.12. The minimum atomic E-state index is -0.232. The smallest absolute Gasteiger partial charge is 0.227 e. The Hall–Kier alpha value is -1.39. The third-order valence-corrected chi connectivity index (χ3v) is 5.32. The average molecular weight is 347 g/mol. The highest BCUT2D eigenvalue weighted by molar-refractivity contribution is 5.94. The van der Waals surface area contributed by atoms with E-state index >= 15 is 0 Å². The van der Waals surface area contributed by atoms with E-state index in [-0.39, 0.29) is 11.4 Å². The highest BCUT2D eigenvalue weighted by Crippen LogP contribution is 2.34. The highest BCUT2D eigenvalue weighted by Gasteiger charge is 2.42. The first-order valence-corrected chi connectivity index (χ1v) is 9.76. The van der Waals surface area contributed by atoms with Gasteiger partial charge in [-0.15, -0.1) is 0 Å².